The summed E-state index contributed by atoms with van der Waals surface area (Å²) in [6, 6.07) is 17.0. The average molecular weight is 268 g/mol. The van der Waals surface area contributed by atoms with Crippen LogP contribution in [0.5, 0.6) is 0 Å². The second kappa shape index (κ2) is 5.68. The van der Waals surface area contributed by atoms with Gasteiger partial charge in [-0.25, -0.2) is 0 Å². The second-order valence-electron chi connectivity index (χ2n) is 5.72. The van der Waals surface area contributed by atoms with Crippen molar-refractivity contribution in [3.8, 4) is 0 Å². The Labute approximate surface area is 122 Å². The number of nitrogens with one attached hydrogen (secondary N) is 1. The number of aryl methyl sites for hydroxylation is 2. The van der Waals surface area contributed by atoms with Crippen LogP contribution in [0.25, 0.3) is 0 Å². The van der Waals surface area contributed by atoms with Crippen LogP contribution in [0.4, 0.5) is 11.4 Å². The first-order valence-corrected chi connectivity index (χ1v) is 7.08. The molecule has 0 aromatic heterocycles. The van der Waals surface area contributed by atoms with Crippen molar-refractivity contribution >= 4 is 11.4 Å². The van der Waals surface area contributed by atoms with Crippen molar-refractivity contribution in [3.05, 3.63) is 59.7 Å². The van der Waals surface area contributed by atoms with E-state index in [0.29, 0.717) is 0 Å². The van der Waals surface area contributed by atoms with E-state index in [4.69, 9.17) is 0 Å². The first kappa shape index (κ1) is 14.6. The van der Waals surface area contributed by atoms with Crippen LogP contribution in [0.2, 0.25) is 0 Å². The molecule has 0 spiro atoms. The number of nitrogens with zero attached hydrogens (tertiary/aromatic N) is 1. The Morgan fingerprint density at radius 1 is 0.800 bits per heavy atom. The molecule has 0 unspecified atom stereocenters. The van der Waals surface area contributed by atoms with Gasteiger partial charge < -0.3 is 4.90 Å². The maximum absolute atomic E-state index is 3.42. The zero-order chi connectivity index (χ0) is 14.8. The van der Waals surface area contributed by atoms with Gasteiger partial charge in [0.15, 0.2) is 0 Å². The van der Waals surface area contributed by atoms with E-state index in [2.05, 4.69) is 86.4 Å². The number of benzene rings is 2. The van der Waals surface area contributed by atoms with Gasteiger partial charge in [0, 0.05) is 11.4 Å². The van der Waals surface area contributed by atoms with Crippen LogP contribution in [0.15, 0.2) is 48.5 Å². The molecule has 20 heavy (non-hydrogen) atoms. The summed E-state index contributed by atoms with van der Waals surface area (Å²) in [5.41, 5.74) is 4.86. The Morgan fingerprint density at radius 3 is 1.55 bits per heavy atom. The molecule has 1 N–H and O–H groups in total. The van der Waals surface area contributed by atoms with Crippen LogP contribution in [-0.2, 0) is 0 Å². The highest BCUT2D eigenvalue weighted by molar-refractivity contribution is 5.70. The molecule has 0 aliphatic carbocycles. The van der Waals surface area contributed by atoms with Crippen molar-refractivity contribution in [1.82, 2.24) is 5.32 Å². The maximum Gasteiger partial charge on any atom is 0.0897 e. The van der Waals surface area contributed by atoms with E-state index in [-0.39, 0.29) is 5.66 Å². The summed E-state index contributed by atoms with van der Waals surface area (Å²) >= 11 is 0. The fourth-order valence-corrected chi connectivity index (χ4v) is 2.47. The highest BCUT2D eigenvalue weighted by Crippen LogP contribution is 2.35. The fraction of sp³-hybridized carbons (Fsp3) is 0.333. The topological polar surface area (TPSA) is 15.3 Å². The third-order valence-electron chi connectivity index (χ3n) is 3.88. The molecule has 0 saturated carbocycles. The Bertz CT molecular complexity index is 542. The lowest BCUT2D eigenvalue weighted by molar-refractivity contribution is 0.432. The molecule has 2 heteroatoms. The first-order valence-electron chi connectivity index (χ1n) is 7.08. The first-order chi connectivity index (χ1) is 9.47. The van der Waals surface area contributed by atoms with Gasteiger partial charge in [-0.3, -0.25) is 5.32 Å². The number of hydrogen-bond donors (Lipinski definition) is 1. The van der Waals surface area contributed by atoms with E-state index in [1.807, 2.05) is 7.05 Å². The van der Waals surface area contributed by atoms with E-state index >= 15 is 0 Å². The van der Waals surface area contributed by atoms with E-state index < -0.39 is 0 Å². The van der Waals surface area contributed by atoms with E-state index in [9.17, 15) is 0 Å². The molecule has 0 fully saturated rings. The molecule has 2 rings (SSSR count). The van der Waals surface area contributed by atoms with E-state index in [1.165, 1.54) is 22.5 Å². The molecular formula is C18H24N2. The summed E-state index contributed by atoms with van der Waals surface area (Å²) in [6.45, 7) is 8.72. The summed E-state index contributed by atoms with van der Waals surface area (Å²) in [5.74, 6) is 0. The van der Waals surface area contributed by atoms with Crippen molar-refractivity contribution in [2.75, 3.05) is 11.9 Å². The summed E-state index contributed by atoms with van der Waals surface area (Å²) in [4.78, 5) is 2.37. The molecular weight excluding hydrogens is 244 g/mol. The lowest BCUT2D eigenvalue weighted by Crippen LogP contribution is -2.51. The summed E-state index contributed by atoms with van der Waals surface area (Å²) < 4.78 is 0. The molecule has 0 bridgehead atoms. The third kappa shape index (κ3) is 2.70. The minimum atomic E-state index is -0.168. The highest BCUT2D eigenvalue weighted by atomic mass is 15.3. The Morgan fingerprint density at radius 2 is 1.20 bits per heavy atom. The molecule has 106 valence electrons. The van der Waals surface area contributed by atoms with Crippen molar-refractivity contribution in [2.24, 2.45) is 0 Å². The minimum absolute atomic E-state index is 0.168. The third-order valence-corrected chi connectivity index (χ3v) is 3.88. The molecule has 2 aromatic carbocycles. The van der Waals surface area contributed by atoms with Gasteiger partial charge in [0.1, 0.15) is 0 Å². The Kier molecular flexibility index (Phi) is 4.15. The van der Waals surface area contributed by atoms with Crippen molar-refractivity contribution in [3.63, 3.8) is 0 Å². The van der Waals surface area contributed by atoms with Gasteiger partial charge in [0.05, 0.1) is 5.66 Å². The largest absolute Gasteiger partial charge is 0.323 e. The van der Waals surface area contributed by atoms with Gasteiger partial charge in [0.2, 0.25) is 0 Å². The fourth-order valence-electron chi connectivity index (χ4n) is 2.47. The minimum Gasteiger partial charge on any atom is -0.323 e. The van der Waals surface area contributed by atoms with Crippen LogP contribution in [0.1, 0.15) is 25.0 Å². The molecule has 2 nitrogen and oxygen atoms in total. The Balaban J connectivity index is 2.64. The highest BCUT2D eigenvalue weighted by Gasteiger charge is 2.28. The van der Waals surface area contributed by atoms with Crippen LogP contribution < -0.4 is 10.2 Å². The van der Waals surface area contributed by atoms with E-state index in [1.54, 1.807) is 0 Å². The molecule has 0 atom stereocenters. The molecule has 0 heterocycles. The predicted octanol–water partition coefficient (Wildman–Crippen LogP) is 4.40. The number of anilines is 2. The second-order valence-corrected chi connectivity index (χ2v) is 5.72. The molecule has 0 amide bonds. The monoisotopic (exact) mass is 268 g/mol. The molecule has 0 aliphatic rings. The molecule has 0 radical (unpaired) electrons. The van der Waals surface area contributed by atoms with Crippen molar-refractivity contribution in [1.29, 1.82) is 0 Å². The summed E-state index contributed by atoms with van der Waals surface area (Å²) in [7, 11) is 2.00. The molecule has 2 aromatic rings. The van der Waals surface area contributed by atoms with Gasteiger partial charge in [-0.05, 0) is 58.0 Å². The summed E-state index contributed by atoms with van der Waals surface area (Å²) in [5, 5.41) is 3.42. The molecule has 0 aliphatic heterocycles. The van der Waals surface area contributed by atoms with Crippen LogP contribution in [0.3, 0.4) is 0 Å². The standard InChI is InChI=1S/C18H24N2/c1-14-10-6-8-12-16(14)20(18(3,4)19-5)17-13-9-7-11-15(17)2/h6-13,19H,1-5H3. The predicted molar refractivity (Wildman–Crippen MR) is 87.6 cm³/mol. The summed E-state index contributed by atoms with van der Waals surface area (Å²) in [6.07, 6.45) is 0. The van der Waals surface area contributed by atoms with Crippen molar-refractivity contribution < 1.29 is 0 Å². The van der Waals surface area contributed by atoms with Gasteiger partial charge in [-0.15, -0.1) is 0 Å². The van der Waals surface area contributed by atoms with Crippen LogP contribution in [0, 0.1) is 13.8 Å². The quantitative estimate of drug-likeness (QED) is 0.827. The van der Waals surface area contributed by atoms with Gasteiger partial charge in [0.25, 0.3) is 0 Å². The van der Waals surface area contributed by atoms with Gasteiger partial charge >= 0.3 is 0 Å². The number of para-hydroxylation sites is 2. The normalized spacial score (nSPS) is 11.4. The molecule has 0 saturated heterocycles. The zero-order valence-electron chi connectivity index (χ0n) is 13.1. The van der Waals surface area contributed by atoms with Crippen LogP contribution >= 0.6 is 0 Å². The SMILES string of the molecule is CNC(C)(C)N(c1ccccc1C)c1ccccc1C. The maximum atomic E-state index is 3.42. The van der Waals surface area contributed by atoms with E-state index in [0.717, 1.165) is 0 Å². The van der Waals surface area contributed by atoms with Crippen molar-refractivity contribution in [2.45, 2.75) is 33.4 Å². The lowest BCUT2D eigenvalue weighted by atomic mass is 10.0. The number of hydrogen-bond acceptors (Lipinski definition) is 2. The van der Waals surface area contributed by atoms with Gasteiger partial charge in [-0.1, -0.05) is 36.4 Å². The zero-order valence-corrected chi connectivity index (χ0v) is 13.1. The smallest absolute Gasteiger partial charge is 0.0897 e. The average Bonchev–Trinajstić information content (AvgIpc) is 2.43. The lowest BCUT2D eigenvalue weighted by Gasteiger charge is -2.41. The number of rotatable bonds is 4. The Hall–Kier alpha value is -1.80. The van der Waals surface area contributed by atoms with Crippen LogP contribution in [-0.4, -0.2) is 12.7 Å². The van der Waals surface area contributed by atoms with Gasteiger partial charge in [-0.2, -0.15) is 0 Å².